The van der Waals surface area contributed by atoms with Crippen LogP contribution in [-0.2, 0) is 4.74 Å². The Hall–Kier alpha value is -3.98. The van der Waals surface area contributed by atoms with Crippen molar-refractivity contribution in [2.45, 2.75) is 0 Å². The molecule has 4 aromatic carbocycles. The lowest BCUT2D eigenvalue weighted by Crippen LogP contribution is -2.09. The van der Waals surface area contributed by atoms with E-state index < -0.39 is 5.97 Å². The van der Waals surface area contributed by atoms with E-state index in [2.05, 4.69) is 0 Å². The average Bonchev–Trinajstić information content (AvgIpc) is 3.11. The molecule has 0 saturated heterocycles. The largest absolute Gasteiger partial charge is 0.465 e. The molecule has 0 unspecified atom stereocenters. The van der Waals surface area contributed by atoms with Crippen molar-refractivity contribution in [1.82, 2.24) is 0 Å². The number of hydrogen-bond acceptors (Lipinski definition) is 3. The Morgan fingerprint density at radius 2 is 1.20 bits per heavy atom. The van der Waals surface area contributed by atoms with Crippen LogP contribution in [0.4, 0.5) is 0 Å². The summed E-state index contributed by atoms with van der Waals surface area (Å²) in [4.78, 5) is 26.4. The van der Waals surface area contributed by atoms with Crippen LogP contribution < -0.4 is 0 Å². The molecule has 0 aromatic heterocycles. The van der Waals surface area contributed by atoms with Crippen LogP contribution in [0.5, 0.6) is 0 Å². The fourth-order valence-electron chi connectivity index (χ4n) is 4.24. The van der Waals surface area contributed by atoms with Gasteiger partial charge in [-0.05, 0) is 28.3 Å². The lowest BCUT2D eigenvalue weighted by atomic mass is 9.85. The first kappa shape index (κ1) is 18.1. The number of ether oxygens (including phenoxy) is 1. The Morgan fingerprint density at radius 1 is 0.633 bits per heavy atom. The Bertz CT molecular complexity index is 1290. The summed E-state index contributed by atoms with van der Waals surface area (Å²) in [5, 5.41) is 0. The van der Waals surface area contributed by atoms with Crippen LogP contribution in [0.1, 0.15) is 26.3 Å². The molecule has 0 N–H and O–H groups in total. The lowest BCUT2D eigenvalue weighted by Gasteiger charge is -2.17. The second kappa shape index (κ2) is 7.12. The number of carbonyl (C=O) groups excluding carboxylic acids is 2. The van der Waals surface area contributed by atoms with Gasteiger partial charge in [0.15, 0.2) is 5.78 Å². The number of carbonyl (C=O) groups is 2. The van der Waals surface area contributed by atoms with Gasteiger partial charge in [0.1, 0.15) is 0 Å². The molecule has 1 aliphatic rings. The summed E-state index contributed by atoms with van der Waals surface area (Å²) in [5.41, 5.74) is 6.61. The summed E-state index contributed by atoms with van der Waals surface area (Å²) >= 11 is 0. The highest BCUT2D eigenvalue weighted by Crippen LogP contribution is 2.48. The Kier molecular flexibility index (Phi) is 4.29. The molecule has 0 spiro atoms. The van der Waals surface area contributed by atoms with Gasteiger partial charge in [-0.3, -0.25) is 4.79 Å². The molecule has 30 heavy (non-hydrogen) atoms. The van der Waals surface area contributed by atoms with Crippen molar-refractivity contribution in [3.8, 4) is 33.4 Å². The fourth-order valence-corrected chi connectivity index (χ4v) is 4.24. The molecule has 4 aromatic rings. The van der Waals surface area contributed by atoms with Crippen LogP contribution in [0, 0.1) is 0 Å². The van der Waals surface area contributed by atoms with E-state index in [1.165, 1.54) is 7.11 Å². The Balaban J connectivity index is 1.96. The Morgan fingerprint density at radius 3 is 1.83 bits per heavy atom. The number of hydrogen-bond donors (Lipinski definition) is 0. The van der Waals surface area contributed by atoms with Gasteiger partial charge in [-0.1, -0.05) is 84.9 Å². The first-order valence-corrected chi connectivity index (χ1v) is 9.75. The van der Waals surface area contributed by atoms with Crippen molar-refractivity contribution < 1.29 is 14.3 Å². The number of methoxy groups -OCH3 is 1. The van der Waals surface area contributed by atoms with Crippen LogP contribution >= 0.6 is 0 Å². The molecule has 0 radical (unpaired) electrons. The zero-order chi connectivity index (χ0) is 20.7. The van der Waals surface area contributed by atoms with Gasteiger partial charge in [-0.25, -0.2) is 4.79 Å². The van der Waals surface area contributed by atoms with Gasteiger partial charge in [0.2, 0.25) is 0 Å². The topological polar surface area (TPSA) is 43.4 Å². The second-order valence-electron chi connectivity index (χ2n) is 7.20. The number of esters is 1. The van der Waals surface area contributed by atoms with Gasteiger partial charge < -0.3 is 4.74 Å². The first-order valence-electron chi connectivity index (χ1n) is 9.75. The molecule has 0 fully saturated rings. The molecule has 5 rings (SSSR count). The van der Waals surface area contributed by atoms with Crippen LogP contribution in [0.25, 0.3) is 33.4 Å². The van der Waals surface area contributed by atoms with E-state index in [9.17, 15) is 9.59 Å². The third-order valence-electron chi connectivity index (χ3n) is 5.55. The summed E-state index contributed by atoms with van der Waals surface area (Å²) in [6.07, 6.45) is 0. The standard InChI is InChI=1S/C27H18O3/c1-30-27(29)22-16-21(17-10-4-2-5-11-17)24-19-14-8-9-15-20(19)26(28)25(24)23(22)18-12-6-3-7-13-18/h2-16H,1H3. The maximum absolute atomic E-state index is 13.6. The van der Waals surface area contributed by atoms with E-state index >= 15 is 0 Å². The summed E-state index contributed by atoms with van der Waals surface area (Å²) in [5.74, 6) is -0.528. The second-order valence-corrected chi connectivity index (χ2v) is 7.20. The maximum Gasteiger partial charge on any atom is 0.338 e. The van der Waals surface area contributed by atoms with Crippen molar-refractivity contribution in [3.63, 3.8) is 0 Å². The molecule has 0 heterocycles. The summed E-state index contributed by atoms with van der Waals surface area (Å²) in [6, 6.07) is 28.9. The predicted octanol–water partition coefficient (Wildman–Crippen LogP) is 6.02. The lowest BCUT2D eigenvalue weighted by molar-refractivity contribution is 0.0601. The molecule has 0 bridgehead atoms. The number of benzene rings is 4. The molecule has 0 amide bonds. The number of ketones is 1. The summed E-state index contributed by atoms with van der Waals surface area (Å²) < 4.78 is 5.11. The van der Waals surface area contributed by atoms with E-state index in [-0.39, 0.29) is 5.78 Å². The van der Waals surface area contributed by atoms with Gasteiger partial charge >= 0.3 is 5.97 Å². The normalized spacial score (nSPS) is 11.7. The van der Waals surface area contributed by atoms with Crippen LogP contribution in [0.15, 0.2) is 91.0 Å². The van der Waals surface area contributed by atoms with Crippen LogP contribution in [0.3, 0.4) is 0 Å². The first-order chi connectivity index (χ1) is 14.7. The number of fused-ring (bicyclic) bond motifs is 3. The van der Waals surface area contributed by atoms with Crippen molar-refractivity contribution in [1.29, 1.82) is 0 Å². The zero-order valence-corrected chi connectivity index (χ0v) is 16.4. The monoisotopic (exact) mass is 390 g/mol. The van der Waals surface area contributed by atoms with Crippen LogP contribution in [0.2, 0.25) is 0 Å². The maximum atomic E-state index is 13.6. The summed E-state index contributed by atoms with van der Waals surface area (Å²) in [7, 11) is 1.36. The minimum atomic E-state index is -0.461. The van der Waals surface area contributed by atoms with Gasteiger partial charge in [0.25, 0.3) is 0 Å². The minimum absolute atomic E-state index is 0.0672. The third kappa shape index (κ3) is 2.67. The van der Waals surface area contributed by atoms with Crippen molar-refractivity contribution in [3.05, 3.63) is 108 Å². The van der Waals surface area contributed by atoms with E-state index in [0.29, 0.717) is 22.3 Å². The fraction of sp³-hybridized carbons (Fsp3) is 0.0370. The van der Waals surface area contributed by atoms with Gasteiger partial charge in [0, 0.05) is 22.3 Å². The number of rotatable bonds is 3. The van der Waals surface area contributed by atoms with Crippen molar-refractivity contribution in [2.75, 3.05) is 7.11 Å². The van der Waals surface area contributed by atoms with Crippen molar-refractivity contribution >= 4 is 11.8 Å². The highest BCUT2D eigenvalue weighted by atomic mass is 16.5. The van der Waals surface area contributed by atoms with Crippen molar-refractivity contribution in [2.24, 2.45) is 0 Å². The molecular weight excluding hydrogens is 372 g/mol. The summed E-state index contributed by atoms with van der Waals surface area (Å²) in [6.45, 7) is 0. The molecule has 3 nitrogen and oxygen atoms in total. The Labute approximate surface area is 174 Å². The molecule has 144 valence electrons. The van der Waals surface area contributed by atoms with Gasteiger partial charge in [-0.2, -0.15) is 0 Å². The SMILES string of the molecule is COC(=O)c1cc(-c2ccccc2)c2c(c1-c1ccccc1)C(=O)c1ccccc1-2. The smallest absolute Gasteiger partial charge is 0.338 e. The van der Waals surface area contributed by atoms with E-state index in [1.807, 2.05) is 91.0 Å². The molecule has 0 aliphatic heterocycles. The highest BCUT2D eigenvalue weighted by Gasteiger charge is 2.35. The van der Waals surface area contributed by atoms with Gasteiger partial charge in [0.05, 0.1) is 12.7 Å². The average molecular weight is 390 g/mol. The molecule has 0 atom stereocenters. The molecule has 3 heteroatoms. The predicted molar refractivity (Wildman–Crippen MR) is 118 cm³/mol. The zero-order valence-electron chi connectivity index (χ0n) is 16.4. The highest BCUT2D eigenvalue weighted by molar-refractivity contribution is 6.28. The molecule has 0 saturated carbocycles. The minimum Gasteiger partial charge on any atom is -0.465 e. The molecule has 1 aliphatic carbocycles. The molecular formula is C27H18O3. The van der Waals surface area contributed by atoms with Gasteiger partial charge in [-0.15, -0.1) is 0 Å². The van der Waals surface area contributed by atoms with E-state index in [0.717, 1.165) is 27.8 Å². The van der Waals surface area contributed by atoms with E-state index in [1.54, 1.807) is 0 Å². The van der Waals surface area contributed by atoms with Crippen LogP contribution in [-0.4, -0.2) is 18.9 Å². The quantitative estimate of drug-likeness (QED) is 0.354. The third-order valence-corrected chi connectivity index (χ3v) is 5.55. The van der Waals surface area contributed by atoms with E-state index in [4.69, 9.17) is 4.74 Å².